The molecular formula is C31H20N2S. The van der Waals surface area contributed by atoms with E-state index in [1.54, 1.807) is 0 Å². The van der Waals surface area contributed by atoms with Crippen LogP contribution in [0.5, 0.6) is 0 Å². The van der Waals surface area contributed by atoms with Crippen LogP contribution in [0.2, 0.25) is 0 Å². The first-order chi connectivity index (χ1) is 16.8. The molecule has 3 heteroatoms. The van der Waals surface area contributed by atoms with Crippen LogP contribution in [0.1, 0.15) is 22.5 Å². The Balaban J connectivity index is 1.23. The molecule has 0 aliphatic heterocycles. The number of rotatable bonds is 2. The molecule has 0 unspecified atom stereocenters. The van der Waals surface area contributed by atoms with Crippen molar-refractivity contribution in [3.05, 3.63) is 120 Å². The van der Waals surface area contributed by atoms with Crippen molar-refractivity contribution < 1.29 is 0 Å². The number of pyridine rings is 2. The highest BCUT2D eigenvalue weighted by Gasteiger charge is 2.13. The summed E-state index contributed by atoms with van der Waals surface area (Å²) in [4.78, 5) is 9.59. The molecule has 6 aromatic rings. The van der Waals surface area contributed by atoms with E-state index in [4.69, 9.17) is 4.98 Å². The monoisotopic (exact) mass is 452 g/mol. The molecule has 0 atom stereocenters. The molecule has 7 rings (SSSR count). The van der Waals surface area contributed by atoms with E-state index in [2.05, 4.69) is 102 Å². The van der Waals surface area contributed by atoms with Gasteiger partial charge >= 0.3 is 0 Å². The van der Waals surface area contributed by atoms with Gasteiger partial charge in [-0.05, 0) is 52.6 Å². The standard InChI is InChI=1S/C31H20N2S/c1-2-6-30-25(5-1)26-18-24(14-16-31(26)34-30)20-7-9-22(10-8-20)27-15-13-23-12-11-21-4-3-17-32-28(21)19-29(23)33-27/h1-18H,19H2. The van der Waals surface area contributed by atoms with Crippen LogP contribution in [0.15, 0.2) is 97.2 Å². The van der Waals surface area contributed by atoms with E-state index in [0.717, 1.165) is 34.6 Å². The summed E-state index contributed by atoms with van der Waals surface area (Å²) in [6.07, 6.45) is 6.89. The molecule has 0 N–H and O–H groups in total. The lowest BCUT2D eigenvalue weighted by Crippen LogP contribution is -1.99. The molecule has 0 saturated carbocycles. The first kappa shape index (κ1) is 19.4. The molecule has 3 aromatic carbocycles. The zero-order chi connectivity index (χ0) is 22.5. The number of aromatic nitrogens is 2. The maximum absolute atomic E-state index is 5.02. The highest BCUT2D eigenvalue weighted by molar-refractivity contribution is 7.25. The Morgan fingerprint density at radius 3 is 2.26 bits per heavy atom. The minimum Gasteiger partial charge on any atom is -0.260 e. The molecule has 1 aliphatic rings. The fourth-order valence-electron chi connectivity index (χ4n) is 4.79. The van der Waals surface area contributed by atoms with Crippen LogP contribution < -0.4 is 0 Å². The second kappa shape index (κ2) is 7.75. The maximum atomic E-state index is 5.02. The quantitative estimate of drug-likeness (QED) is 0.264. The Morgan fingerprint density at radius 2 is 1.35 bits per heavy atom. The average Bonchev–Trinajstić information content (AvgIpc) is 3.16. The number of benzene rings is 3. The minimum atomic E-state index is 0.749. The summed E-state index contributed by atoms with van der Waals surface area (Å²) in [6.45, 7) is 0. The smallest absolute Gasteiger partial charge is 0.0705 e. The molecular weight excluding hydrogens is 432 g/mol. The van der Waals surface area contributed by atoms with Gasteiger partial charge in [-0.1, -0.05) is 72.8 Å². The average molecular weight is 453 g/mol. The van der Waals surface area contributed by atoms with Crippen LogP contribution in [0.3, 0.4) is 0 Å². The number of hydrogen-bond acceptors (Lipinski definition) is 3. The Labute approximate surface area is 201 Å². The molecule has 0 amide bonds. The number of fused-ring (bicyclic) bond motifs is 5. The van der Waals surface area contributed by atoms with Gasteiger partial charge in [-0.25, -0.2) is 0 Å². The molecule has 0 saturated heterocycles. The highest BCUT2D eigenvalue weighted by atomic mass is 32.1. The van der Waals surface area contributed by atoms with Crippen molar-refractivity contribution >= 4 is 43.7 Å². The van der Waals surface area contributed by atoms with Crippen molar-refractivity contribution in [3.8, 4) is 22.4 Å². The third kappa shape index (κ3) is 3.25. The number of hydrogen-bond donors (Lipinski definition) is 0. The van der Waals surface area contributed by atoms with Gasteiger partial charge in [0, 0.05) is 38.4 Å². The van der Waals surface area contributed by atoms with Gasteiger partial charge in [0.15, 0.2) is 0 Å². The fraction of sp³-hybridized carbons (Fsp3) is 0.0323. The van der Waals surface area contributed by atoms with E-state index < -0.39 is 0 Å². The summed E-state index contributed by atoms with van der Waals surface area (Å²) in [5.41, 5.74) is 9.07. The van der Waals surface area contributed by atoms with E-state index in [1.807, 2.05) is 23.6 Å². The van der Waals surface area contributed by atoms with E-state index in [1.165, 1.54) is 36.9 Å². The largest absolute Gasteiger partial charge is 0.260 e. The van der Waals surface area contributed by atoms with Crippen LogP contribution in [-0.2, 0) is 6.42 Å². The summed E-state index contributed by atoms with van der Waals surface area (Å²) < 4.78 is 2.67. The van der Waals surface area contributed by atoms with Crippen LogP contribution in [-0.4, -0.2) is 9.97 Å². The van der Waals surface area contributed by atoms with Crippen molar-refractivity contribution in [2.45, 2.75) is 6.42 Å². The Kier molecular flexibility index (Phi) is 4.42. The summed E-state index contributed by atoms with van der Waals surface area (Å²) >= 11 is 1.86. The van der Waals surface area contributed by atoms with E-state index >= 15 is 0 Å². The van der Waals surface area contributed by atoms with Crippen LogP contribution in [0, 0.1) is 0 Å². The zero-order valence-electron chi connectivity index (χ0n) is 18.4. The van der Waals surface area contributed by atoms with Crippen molar-refractivity contribution in [2.75, 3.05) is 0 Å². The molecule has 3 aromatic heterocycles. The van der Waals surface area contributed by atoms with Gasteiger partial charge < -0.3 is 0 Å². The number of thiophene rings is 1. The summed E-state index contributed by atoms with van der Waals surface area (Å²) in [5, 5.41) is 2.66. The topological polar surface area (TPSA) is 25.8 Å². The van der Waals surface area contributed by atoms with Crippen LogP contribution in [0.25, 0.3) is 54.7 Å². The lowest BCUT2D eigenvalue weighted by Gasteiger charge is -2.09. The SMILES string of the molecule is C1=Cc2ccc(-c3ccc(-c4ccc5sc6ccccc6c5c4)cc3)nc2Cc2ncccc21. The lowest BCUT2D eigenvalue weighted by molar-refractivity contribution is 1.01. The van der Waals surface area contributed by atoms with Gasteiger partial charge in [0.1, 0.15) is 0 Å². The van der Waals surface area contributed by atoms with E-state index in [0.29, 0.717) is 0 Å². The van der Waals surface area contributed by atoms with Crippen LogP contribution in [0.4, 0.5) is 0 Å². The highest BCUT2D eigenvalue weighted by Crippen LogP contribution is 2.36. The van der Waals surface area contributed by atoms with Crippen molar-refractivity contribution in [1.82, 2.24) is 9.97 Å². The maximum Gasteiger partial charge on any atom is 0.0705 e. The number of nitrogens with zero attached hydrogens (tertiary/aromatic N) is 2. The molecule has 0 radical (unpaired) electrons. The molecule has 0 bridgehead atoms. The second-order valence-electron chi connectivity index (χ2n) is 8.67. The molecule has 0 fully saturated rings. The predicted molar refractivity (Wildman–Crippen MR) is 144 cm³/mol. The molecule has 2 nitrogen and oxygen atoms in total. The van der Waals surface area contributed by atoms with Gasteiger partial charge in [-0.15, -0.1) is 11.3 Å². The Hall–Kier alpha value is -4.08. The van der Waals surface area contributed by atoms with Crippen molar-refractivity contribution in [3.63, 3.8) is 0 Å². The second-order valence-corrected chi connectivity index (χ2v) is 9.75. The first-order valence-corrected chi connectivity index (χ1v) is 12.3. The van der Waals surface area contributed by atoms with E-state index in [-0.39, 0.29) is 0 Å². The van der Waals surface area contributed by atoms with Crippen molar-refractivity contribution in [1.29, 1.82) is 0 Å². The molecule has 1 aliphatic carbocycles. The van der Waals surface area contributed by atoms with Gasteiger partial charge in [-0.3, -0.25) is 9.97 Å². The van der Waals surface area contributed by atoms with E-state index in [9.17, 15) is 0 Å². The predicted octanol–water partition coefficient (Wildman–Crippen LogP) is 8.25. The Bertz CT molecular complexity index is 1720. The summed E-state index contributed by atoms with van der Waals surface area (Å²) in [7, 11) is 0. The minimum absolute atomic E-state index is 0.749. The van der Waals surface area contributed by atoms with Crippen molar-refractivity contribution in [2.24, 2.45) is 0 Å². The molecule has 160 valence electrons. The van der Waals surface area contributed by atoms with Crippen LogP contribution >= 0.6 is 11.3 Å². The zero-order valence-corrected chi connectivity index (χ0v) is 19.2. The van der Waals surface area contributed by atoms with Gasteiger partial charge in [-0.2, -0.15) is 0 Å². The molecule has 3 heterocycles. The third-order valence-electron chi connectivity index (χ3n) is 6.60. The third-order valence-corrected chi connectivity index (χ3v) is 7.75. The van der Waals surface area contributed by atoms with Gasteiger partial charge in [0.25, 0.3) is 0 Å². The Morgan fingerprint density at radius 1 is 0.588 bits per heavy atom. The van der Waals surface area contributed by atoms with Gasteiger partial charge in [0.2, 0.25) is 0 Å². The fourth-order valence-corrected chi connectivity index (χ4v) is 5.88. The molecule has 0 spiro atoms. The summed E-state index contributed by atoms with van der Waals surface area (Å²) in [6, 6.07) is 32.6. The summed E-state index contributed by atoms with van der Waals surface area (Å²) in [5.74, 6) is 0. The lowest BCUT2D eigenvalue weighted by atomic mass is 10.00. The first-order valence-electron chi connectivity index (χ1n) is 11.5. The normalized spacial score (nSPS) is 12.5. The molecule has 34 heavy (non-hydrogen) atoms. The van der Waals surface area contributed by atoms with Gasteiger partial charge in [0.05, 0.1) is 17.1 Å².